The molecule has 0 aromatic heterocycles. The maximum absolute atomic E-state index is 12.6. The first kappa shape index (κ1) is 13.7. The third-order valence-corrected chi connectivity index (χ3v) is 6.23. The lowest BCUT2D eigenvalue weighted by molar-refractivity contribution is -0.146. The highest BCUT2D eigenvalue weighted by Gasteiger charge is 2.54. The molecule has 0 aliphatic heterocycles. The topological polar surface area (TPSA) is 29.1 Å². The fourth-order valence-corrected chi connectivity index (χ4v) is 5.23. The van der Waals surface area contributed by atoms with Crippen LogP contribution in [0.1, 0.15) is 58.3 Å². The molecule has 0 radical (unpaired) electrons. The smallest absolute Gasteiger partial charge is 0.226 e. The van der Waals surface area contributed by atoms with Crippen LogP contribution in [0.4, 0.5) is 0 Å². The Bertz CT molecular complexity index is 319. The first-order valence-electron chi connectivity index (χ1n) is 8.03. The molecule has 1 amide bonds. The van der Waals surface area contributed by atoms with Crippen molar-refractivity contribution in [1.29, 1.82) is 0 Å². The number of amides is 1. The van der Waals surface area contributed by atoms with Crippen LogP contribution in [0, 0.1) is 23.2 Å². The summed E-state index contributed by atoms with van der Waals surface area (Å²) in [7, 11) is 0. The molecule has 0 saturated heterocycles. The van der Waals surface area contributed by atoms with E-state index >= 15 is 0 Å². The molecular formula is C16H26ClNO. The van der Waals surface area contributed by atoms with Gasteiger partial charge in [-0.05, 0) is 69.1 Å². The molecule has 4 rings (SSSR count). The summed E-state index contributed by atoms with van der Waals surface area (Å²) >= 11 is 6.12. The van der Waals surface area contributed by atoms with Crippen molar-refractivity contribution in [3.05, 3.63) is 0 Å². The zero-order chi connectivity index (χ0) is 13.5. The van der Waals surface area contributed by atoms with Crippen LogP contribution in [0.5, 0.6) is 0 Å². The Morgan fingerprint density at radius 1 is 1.21 bits per heavy atom. The number of alkyl halides is 1. The minimum atomic E-state index is 0.00275. The second kappa shape index (κ2) is 5.27. The summed E-state index contributed by atoms with van der Waals surface area (Å²) in [5.74, 6) is 2.86. The van der Waals surface area contributed by atoms with E-state index in [1.54, 1.807) is 0 Å². The van der Waals surface area contributed by atoms with Crippen molar-refractivity contribution in [2.24, 2.45) is 23.2 Å². The van der Waals surface area contributed by atoms with Crippen LogP contribution in [-0.2, 0) is 4.79 Å². The van der Waals surface area contributed by atoms with Crippen LogP contribution in [0.15, 0.2) is 0 Å². The molecule has 108 valence electrons. The molecule has 1 N–H and O–H groups in total. The molecule has 2 nitrogen and oxygen atoms in total. The number of rotatable bonds is 5. The van der Waals surface area contributed by atoms with Gasteiger partial charge >= 0.3 is 0 Å². The predicted octanol–water partition coefficient (Wildman–Crippen LogP) is 3.73. The van der Waals surface area contributed by atoms with Gasteiger partial charge in [-0.1, -0.05) is 6.92 Å². The Labute approximate surface area is 121 Å². The van der Waals surface area contributed by atoms with Gasteiger partial charge in [0.2, 0.25) is 5.91 Å². The minimum Gasteiger partial charge on any atom is -0.356 e. The monoisotopic (exact) mass is 283 g/mol. The molecule has 0 aromatic carbocycles. The second-order valence-corrected chi connectivity index (χ2v) is 7.87. The summed E-state index contributed by atoms with van der Waals surface area (Å²) in [4.78, 5) is 12.6. The van der Waals surface area contributed by atoms with E-state index in [0.29, 0.717) is 5.91 Å². The third-order valence-electron chi connectivity index (χ3n) is 5.71. The quantitative estimate of drug-likeness (QED) is 0.766. The largest absolute Gasteiger partial charge is 0.356 e. The van der Waals surface area contributed by atoms with Crippen molar-refractivity contribution in [1.82, 2.24) is 5.32 Å². The van der Waals surface area contributed by atoms with Crippen LogP contribution in [0.3, 0.4) is 0 Å². The van der Waals surface area contributed by atoms with Gasteiger partial charge in [0.05, 0.1) is 0 Å². The predicted molar refractivity (Wildman–Crippen MR) is 78.2 cm³/mol. The van der Waals surface area contributed by atoms with Gasteiger partial charge in [-0.15, -0.1) is 11.6 Å². The second-order valence-electron chi connectivity index (χ2n) is 7.25. The van der Waals surface area contributed by atoms with Gasteiger partial charge in [0.25, 0.3) is 0 Å². The number of carbonyl (C=O) groups excluding carboxylic acids is 1. The maximum Gasteiger partial charge on any atom is 0.226 e. The van der Waals surface area contributed by atoms with Crippen LogP contribution >= 0.6 is 11.6 Å². The van der Waals surface area contributed by atoms with E-state index < -0.39 is 0 Å². The highest BCUT2D eigenvalue weighted by molar-refractivity contribution is 6.20. The van der Waals surface area contributed by atoms with Crippen molar-refractivity contribution in [2.75, 3.05) is 6.54 Å². The van der Waals surface area contributed by atoms with Gasteiger partial charge < -0.3 is 5.32 Å². The zero-order valence-electron chi connectivity index (χ0n) is 12.0. The molecule has 4 aliphatic rings. The molecule has 0 spiro atoms. The number of hydrogen-bond donors (Lipinski definition) is 1. The summed E-state index contributed by atoms with van der Waals surface area (Å²) < 4.78 is 0. The summed E-state index contributed by atoms with van der Waals surface area (Å²) in [6.07, 6.45) is 9.53. The molecule has 4 aliphatic carbocycles. The van der Waals surface area contributed by atoms with Crippen LogP contribution < -0.4 is 5.32 Å². The van der Waals surface area contributed by atoms with Crippen LogP contribution in [-0.4, -0.2) is 17.8 Å². The van der Waals surface area contributed by atoms with Crippen molar-refractivity contribution < 1.29 is 4.79 Å². The van der Waals surface area contributed by atoms with E-state index in [2.05, 4.69) is 12.2 Å². The van der Waals surface area contributed by atoms with Gasteiger partial charge in [0.1, 0.15) is 0 Å². The molecule has 4 saturated carbocycles. The first-order valence-corrected chi connectivity index (χ1v) is 8.47. The van der Waals surface area contributed by atoms with Crippen molar-refractivity contribution >= 4 is 17.5 Å². The summed E-state index contributed by atoms with van der Waals surface area (Å²) in [6, 6.07) is 0. The van der Waals surface area contributed by atoms with Gasteiger partial charge in [-0.25, -0.2) is 0 Å². The standard InChI is InChI=1S/C16H26ClNO/c1-2-14(17)3-4-18-15(19)16-8-11-5-12(9-16)7-13(6-11)10-16/h11-14H,2-10H2,1H3,(H,18,19). The molecule has 0 aromatic rings. The zero-order valence-corrected chi connectivity index (χ0v) is 12.7. The molecule has 1 unspecified atom stereocenters. The summed E-state index contributed by atoms with van der Waals surface area (Å²) in [5, 5.41) is 3.39. The van der Waals surface area contributed by atoms with Crippen molar-refractivity contribution in [3.63, 3.8) is 0 Å². The average molecular weight is 284 g/mol. The summed E-state index contributed by atoms with van der Waals surface area (Å²) in [6.45, 7) is 2.85. The Kier molecular flexibility index (Phi) is 3.81. The highest BCUT2D eigenvalue weighted by Crippen LogP contribution is 2.60. The number of carbonyl (C=O) groups is 1. The average Bonchev–Trinajstić information content (AvgIpc) is 2.36. The van der Waals surface area contributed by atoms with Crippen LogP contribution in [0.2, 0.25) is 0 Å². The van der Waals surface area contributed by atoms with Crippen molar-refractivity contribution in [2.45, 2.75) is 63.7 Å². The lowest BCUT2D eigenvalue weighted by Crippen LogP contribution is -2.53. The fourth-order valence-electron chi connectivity index (χ4n) is 5.12. The van der Waals surface area contributed by atoms with Crippen molar-refractivity contribution in [3.8, 4) is 0 Å². The van der Waals surface area contributed by atoms with E-state index in [0.717, 1.165) is 56.4 Å². The van der Waals surface area contributed by atoms with E-state index in [1.807, 2.05) is 0 Å². The first-order chi connectivity index (χ1) is 9.11. The van der Waals surface area contributed by atoms with Gasteiger partial charge in [-0.2, -0.15) is 0 Å². The highest BCUT2D eigenvalue weighted by atomic mass is 35.5. The Balaban J connectivity index is 1.57. The van der Waals surface area contributed by atoms with E-state index in [4.69, 9.17) is 11.6 Å². The number of nitrogens with one attached hydrogen (secondary N) is 1. The third kappa shape index (κ3) is 2.66. The summed E-state index contributed by atoms with van der Waals surface area (Å²) in [5.41, 5.74) is 0.00275. The molecule has 4 fully saturated rings. The molecular weight excluding hydrogens is 258 g/mol. The lowest BCUT2D eigenvalue weighted by Gasteiger charge is -2.55. The van der Waals surface area contributed by atoms with E-state index in [1.165, 1.54) is 19.3 Å². The Morgan fingerprint density at radius 3 is 2.21 bits per heavy atom. The van der Waals surface area contributed by atoms with Gasteiger partial charge in [-0.3, -0.25) is 4.79 Å². The number of halogens is 1. The normalized spacial score (nSPS) is 41.3. The van der Waals surface area contributed by atoms with Gasteiger partial charge in [0.15, 0.2) is 0 Å². The molecule has 19 heavy (non-hydrogen) atoms. The maximum atomic E-state index is 12.6. The molecule has 1 atom stereocenters. The van der Waals surface area contributed by atoms with Crippen LogP contribution in [0.25, 0.3) is 0 Å². The SMILES string of the molecule is CCC(Cl)CCNC(=O)C12CC3CC(CC(C3)C1)C2. The molecule has 4 bridgehead atoms. The lowest BCUT2D eigenvalue weighted by atomic mass is 9.49. The molecule has 0 heterocycles. The van der Waals surface area contributed by atoms with E-state index in [9.17, 15) is 4.79 Å². The molecule has 3 heteroatoms. The van der Waals surface area contributed by atoms with E-state index in [-0.39, 0.29) is 10.8 Å². The number of hydrogen-bond acceptors (Lipinski definition) is 1. The minimum absolute atomic E-state index is 0.00275. The Hall–Kier alpha value is -0.240. The fraction of sp³-hybridized carbons (Fsp3) is 0.938. The Morgan fingerprint density at radius 2 is 1.74 bits per heavy atom. The van der Waals surface area contributed by atoms with Gasteiger partial charge in [0, 0.05) is 17.3 Å².